The molecule has 0 aliphatic rings. The van der Waals surface area contributed by atoms with Gasteiger partial charge in [0.1, 0.15) is 10.9 Å². The first kappa shape index (κ1) is 5.45. The molecule has 2 heterocycles. The van der Waals surface area contributed by atoms with E-state index in [1.54, 1.807) is 12.4 Å². The van der Waals surface area contributed by atoms with Gasteiger partial charge in [-0.1, -0.05) is 11.3 Å². The molecular weight excluding hydrogens is 146 g/mol. The van der Waals surface area contributed by atoms with Crippen molar-refractivity contribution < 1.29 is 0 Å². The summed E-state index contributed by atoms with van der Waals surface area (Å²) in [5, 5.41) is 8.48. The lowest BCUT2D eigenvalue weighted by Crippen LogP contribution is -1.68. The van der Waals surface area contributed by atoms with E-state index in [0.29, 0.717) is 4.88 Å². The highest BCUT2D eigenvalue weighted by Crippen LogP contribution is 2.13. The molecule has 2 rings (SSSR count). The number of nitriles is 1. The average molecular weight is 149 g/mol. The van der Waals surface area contributed by atoms with Crippen LogP contribution in [0.4, 0.5) is 0 Å². The molecule has 0 aromatic carbocycles. The molecule has 0 fully saturated rings. The maximum Gasteiger partial charge on any atom is 0.194 e. The van der Waals surface area contributed by atoms with E-state index in [2.05, 4.69) is 11.1 Å². The number of rotatable bonds is 0. The molecule has 2 aromatic heterocycles. The number of nitrogens with zero attached hydrogens (tertiary/aromatic N) is 3. The van der Waals surface area contributed by atoms with Crippen LogP contribution in [-0.4, -0.2) is 9.38 Å². The number of aromatic nitrogens is 2. The normalized spacial score (nSPS) is 9.90. The summed E-state index contributed by atoms with van der Waals surface area (Å²) < 4.78 is 1.84. The highest BCUT2D eigenvalue weighted by Gasteiger charge is 1.98. The van der Waals surface area contributed by atoms with Gasteiger partial charge in [-0.3, -0.25) is 4.40 Å². The van der Waals surface area contributed by atoms with Crippen molar-refractivity contribution in [3.05, 3.63) is 23.5 Å². The number of thiazole rings is 1. The first-order valence-corrected chi connectivity index (χ1v) is 3.54. The van der Waals surface area contributed by atoms with E-state index in [1.165, 1.54) is 11.3 Å². The van der Waals surface area contributed by atoms with E-state index >= 15 is 0 Å². The van der Waals surface area contributed by atoms with Gasteiger partial charge in [-0.05, 0) is 0 Å². The van der Waals surface area contributed by atoms with Crippen molar-refractivity contribution in [2.45, 2.75) is 0 Å². The molecule has 0 unspecified atom stereocenters. The summed E-state index contributed by atoms with van der Waals surface area (Å²) in [5.41, 5.74) is 0. The molecule has 0 radical (unpaired) electrons. The fourth-order valence-electron chi connectivity index (χ4n) is 0.779. The van der Waals surface area contributed by atoms with Crippen molar-refractivity contribution in [1.82, 2.24) is 9.38 Å². The summed E-state index contributed by atoms with van der Waals surface area (Å²) >= 11 is 1.39. The van der Waals surface area contributed by atoms with Crippen LogP contribution < -0.4 is 0 Å². The molecule has 0 saturated heterocycles. The first-order chi connectivity index (χ1) is 4.90. The second-order valence-electron chi connectivity index (χ2n) is 1.82. The minimum Gasteiger partial charge on any atom is -0.296 e. The van der Waals surface area contributed by atoms with Gasteiger partial charge in [-0.15, -0.1) is 0 Å². The molecule has 48 valence electrons. The summed E-state index contributed by atoms with van der Waals surface area (Å²) in [6, 6.07) is 2.06. The van der Waals surface area contributed by atoms with E-state index in [1.807, 2.05) is 10.6 Å². The van der Waals surface area contributed by atoms with Crippen LogP contribution in [-0.2, 0) is 0 Å². The van der Waals surface area contributed by atoms with Crippen LogP contribution in [0.3, 0.4) is 0 Å². The number of hydrogen-bond acceptors (Lipinski definition) is 3. The van der Waals surface area contributed by atoms with Crippen LogP contribution in [0.1, 0.15) is 4.88 Å². The fraction of sp³-hybridized carbons (Fsp3) is 0. The third-order valence-corrected chi connectivity index (χ3v) is 2.12. The minimum atomic E-state index is 0.697. The van der Waals surface area contributed by atoms with Crippen LogP contribution in [0.5, 0.6) is 0 Å². The molecule has 0 saturated carbocycles. The lowest BCUT2D eigenvalue weighted by Gasteiger charge is -1.71. The van der Waals surface area contributed by atoms with Crippen LogP contribution in [0.25, 0.3) is 4.96 Å². The summed E-state index contributed by atoms with van der Waals surface area (Å²) in [7, 11) is 0. The van der Waals surface area contributed by atoms with E-state index in [-0.39, 0.29) is 0 Å². The zero-order valence-electron chi connectivity index (χ0n) is 4.98. The molecule has 0 amide bonds. The Morgan fingerprint density at radius 2 is 2.60 bits per heavy atom. The van der Waals surface area contributed by atoms with E-state index < -0.39 is 0 Å². The van der Waals surface area contributed by atoms with E-state index in [4.69, 9.17) is 5.26 Å². The van der Waals surface area contributed by atoms with Crippen molar-refractivity contribution in [3.63, 3.8) is 0 Å². The van der Waals surface area contributed by atoms with Gasteiger partial charge in [-0.25, -0.2) is 4.98 Å². The molecular formula is C6H3N3S. The van der Waals surface area contributed by atoms with Crippen LogP contribution >= 0.6 is 11.3 Å². The molecule has 0 aliphatic heterocycles. The summed E-state index contributed by atoms with van der Waals surface area (Å²) in [6.45, 7) is 0. The Morgan fingerprint density at radius 3 is 3.30 bits per heavy atom. The Kier molecular flexibility index (Phi) is 0.992. The van der Waals surface area contributed by atoms with Gasteiger partial charge in [0.25, 0.3) is 0 Å². The maximum atomic E-state index is 8.48. The SMILES string of the molecule is N#Cc1cn2ccnc2s1. The van der Waals surface area contributed by atoms with Crippen molar-refractivity contribution in [2.75, 3.05) is 0 Å². The van der Waals surface area contributed by atoms with Gasteiger partial charge in [0, 0.05) is 18.6 Å². The van der Waals surface area contributed by atoms with Gasteiger partial charge in [0.2, 0.25) is 0 Å². The summed E-state index contributed by atoms with van der Waals surface area (Å²) in [6.07, 6.45) is 5.31. The number of imidazole rings is 1. The van der Waals surface area contributed by atoms with Crippen molar-refractivity contribution in [3.8, 4) is 6.07 Å². The van der Waals surface area contributed by atoms with E-state index in [9.17, 15) is 0 Å². The highest BCUT2D eigenvalue weighted by molar-refractivity contribution is 7.17. The molecule has 0 N–H and O–H groups in total. The highest BCUT2D eigenvalue weighted by atomic mass is 32.1. The second kappa shape index (κ2) is 1.82. The van der Waals surface area contributed by atoms with Crippen molar-refractivity contribution in [2.24, 2.45) is 0 Å². The Bertz CT molecular complexity index is 364. The third kappa shape index (κ3) is 0.613. The fourth-order valence-corrected chi connectivity index (χ4v) is 1.52. The Morgan fingerprint density at radius 1 is 1.70 bits per heavy atom. The lowest BCUT2D eigenvalue weighted by atomic mass is 10.6. The zero-order chi connectivity index (χ0) is 6.97. The van der Waals surface area contributed by atoms with Gasteiger partial charge in [-0.2, -0.15) is 5.26 Å². The van der Waals surface area contributed by atoms with Crippen LogP contribution in [0, 0.1) is 11.3 Å². The minimum absolute atomic E-state index is 0.697. The van der Waals surface area contributed by atoms with Gasteiger partial charge < -0.3 is 0 Å². The molecule has 10 heavy (non-hydrogen) atoms. The zero-order valence-corrected chi connectivity index (χ0v) is 5.80. The monoisotopic (exact) mass is 149 g/mol. The molecule has 0 spiro atoms. The molecule has 2 aromatic rings. The largest absolute Gasteiger partial charge is 0.296 e. The summed E-state index contributed by atoms with van der Waals surface area (Å²) in [5.74, 6) is 0. The average Bonchev–Trinajstić information content (AvgIpc) is 2.42. The Hall–Kier alpha value is -1.34. The Balaban J connectivity index is 2.81. The van der Waals surface area contributed by atoms with Crippen LogP contribution in [0.15, 0.2) is 18.6 Å². The first-order valence-electron chi connectivity index (χ1n) is 2.73. The topological polar surface area (TPSA) is 41.1 Å². The molecule has 0 atom stereocenters. The number of hydrogen-bond donors (Lipinski definition) is 0. The van der Waals surface area contributed by atoms with Crippen molar-refractivity contribution >= 4 is 16.3 Å². The Labute approximate surface area is 61.2 Å². The smallest absolute Gasteiger partial charge is 0.194 e. The maximum absolute atomic E-state index is 8.48. The molecule has 3 nitrogen and oxygen atoms in total. The molecule has 0 bridgehead atoms. The van der Waals surface area contributed by atoms with Gasteiger partial charge in [0.05, 0.1) is 0 Å². The predicted molar refractivity (Wildman–Crippen MR) is 37.8 cm³/mol. The second-order valence-corrected chi connectivity index (χ2v) is 2.83. The standard InChI is InChI=1S/C6H3N3S/c7-3-5-4-9-2-1-8-6(9)10-5/h1-2,4H. The van der Waals surface area contributed by atoms with Crippen molar-refractivity contribution in [1.29, 1.82) is 5.26 Å². The third-order valence-electron chi connectivity index (χ3n) is 1.20. The van der Waals surface area contributed by atoms with Crippen LogP contribution in [0.2, 0.25) is 0 Å². The molecule has 0 aliphatic carbocycles. The van der Waals surface area contributed by atoms with Gasteiger partial charge >= 0.3 is 0 Å². The number of fused-ring (bicyclic) bond motifs is 1. The lowest BCUT2D eigenvalue weighted by molar-refractivity contribution is 1.23. The summed E-state index contributed by atoms with van der Waals surface area (Å²) in [4.78, 5) is 5.59. The van der Waals surface area contributed by atoms with Gasteiger partial charge in [0.15, 0.2) is 4.96 Å². The predicted octanol–water partition coefficient (Wildman–Crippen LogP) is 1.27. The van der Waals surface area contributed by atoms with E-state index in [0.717, 1.165) is 4.96 Å². The quantitative estimate of drug-likeness (QED) is 0.566. The molecule has 4 heteroatoms.